The summed E-state index contributed by atoms with van der Waals surface area (Å²) in [6.07, 6.45) is 2.48. The van der Waals surface area contributed by atoms with Crippen LogP contribution in [0, 0.1) is 5.92 Å². The molecule has 0 aliphatic heterocycles. The van der Waals surface area contributed by atoms with E-state index in [0.29, 0.717) is 18.7 Å². The number of unbranched alkanes of at least 4 members (excludes halogenated alkanes) is 1. The van der Waals surface area contributed by atoms with Gasteiger partial charge in [-0.3, -0.25) is 9.59 Å². The predicted molar refractivity (Wildman–Crippen MR) is 55.4 cm³/mol. The monoisotopic (exact) mass is 220 g/mol. The number of carbonyl (C=O) groups is 2. The molecule has 0 aliphatic rings. The average Bonchev–Trinajstić information content (AvgIpc) is 2.19. The Morgan fingerprint density at radius 2 is 2.00 bits per heavy atom. The number of carbonyl (C=O) groups excluding carboxylic acids is 2. The maximum Gasteiger partial charge on any atom is 0.316 e. The highest BCUT2D eigenvalue weighted by Crippen LogP contribution is 2.11. The van der Waals surface area contributed by atoms with Crippen LogP contribution in [0.2, 0.25) is 0 Å². The van der Waals surface area contributed by atoms with Crippen LogP contribution in [-0.2, 0) is 14.3 Å². The Morgan fingerprint density at radius 1 is 1.36 bits per heavy atom. The van der Waals surface area contributed by atoms with Crippen LogP contribution in [0.3, 0.4) is 0 Å². The smallest absolute Gasteiger partial charge is 0.316 e. The molecule has 4 heteroatoms. The van der Waals surface area contributed by atoms with Gasteiger partial charge >= 0.3 is 5.97 Å². The minimum atomic E-state index is -0.588. The van der Waals surface area contributed by atoms with E-state index in [2.05, 4.69) is 4.74 Å². The average molecular weight is 221 g/mol. The summed E-state index contributed by atoms with van der Waals surface area (Å²) in [6.45, 7) is 1.81. The second kappa shape index (κ2) is 7.80. The molecule has 0 bridgehead atoms. The molecular weight excluding hydrogens is 204 g/mol. The number of ether oxygens (including phenoxy) is 1. The SMILES string of the molecule is CCC(C(=O)CCCCCl)C(=O)OC. The van der Waals surface area contributed by atoms with E-state index in [1.165, 1.54) is 7.11 Å². The number of alkyl halides is 1. The van der Waals surface area contributed by atoms with Gasteiger partial charge < -0.3 is 4.74 Å². The molecular formula is C10H17ClO3. The lowest BCUT2D eigenvalue weighted by molar-refractivity contribution is -0.149. The molecule has 1 atom stereocenters. The van der Waals surface area contributed by atoms with Crippen molar-refractivity contribution in [2.45, 2.75) is 32.6 Å². The van der Waals surface area contributed by atoms with E-state index >= 15 is 0 Å². The summed E-state index contributed by atoms with van der Waals surface area (Å²) >= 11 is 5.49. The van der Waals surface area contributed by atoms with E-state index < -0.39 is 11.9 Å². The van der Waals surface area contributed by atoms with Crippen molar-refractivity contribution in [3.8, 4) is 0 Å². The van der Waals surface area contributed by atoms with Gasteiger partial charge in [-0.15, -0.1) is 11.6 Å². The number of methoxy groups -OCH3 is 1. The molecule has 0 aromatic carbocycles. The molecule has 0 saturated heterocycles. The Kier molecular flexibility index (Phi) is 7.48. The second-order valence-corrected chi connectivity index (χ2v) is 3.47. The Balaban J connectivity index is 3.98. The highest BCUT2D eigenvalue weighted by molar-refractivity contribution is 6.17. The first-order valence-corrected chi connectivity index (χ1v) is 5.37. The van der Waals surface area contributed by atoms with Gasteiger partial charge in [-0.05, 0) is 19.3 Å². The summed E-state index contributed by atoms with van der Waals surface area (Å²) in [4.78, 5) is 22.7. The fraction of sp³-hybridized carbons (Fsp3) is 0.800. The molecule has 0 rings (SSSR count). The number of esters is 1. The summed E-state index contributed by atoms with van der Waals surface area (Å²) in [5.41, 5.74) is 0. The van der Waals surface area contributed by atoms with E-state index in [9.17, 15) is 9.59 Å². The maximum atomic E-state index is 11.5. The van der Waals surface area contributed by atoms with Gasteiger partial charge in [0, 0.05) is 12.3 Å². The molecule has 0 radical (unpaired) electrons. The number of ketones is 1. The molecule has 82 valence electrons. The van der Waals surface area contributed by atoms with Gasteiger partial charge in [-0.25, -0.2) is 0 Å². The lowest BCUT2D eigenvalue weighted by Gasteiger charge is -2.10. The molecule has 0 aliphatic carbocycles. The van der Waals surface area contributed by atoms with E-state index in [0.717, 1.165) is 12.8 Å². The summed E-state index contributed by atoms with van der Waals surface area (Å²) in [5.74, 6) is -0.495. The minimum absolute atomic E-state index is 0.0375. The van der Waals surface area contributed by atoms with Gasteiger partial charge in [0.15, 0.2) is 0 Å². The Hall–Kier alpha value is -0.570. The number of Topliss-reactive ketones (excluding diaryl/α,β-unsaturated/α-hetero) is 1. The van der Waals surface area contributed by atoms with Crippen LogP contribution in [0.15, 0.2) is 0 Å². The quantitative estimate of drug-likeness (QED) is 0.286. The van der Waals surface area contributed by atoms with Crippen molar-refractivity contribution in [1.82, 2.24) is 0 Å². The third-order valence-electron chi connectivity index (χ3n) is 2.09. The molecule has 0 saturated carbocycles. The summed E-state index contributed by atoms with van der Waals surface area (Å²) < 4.78 is 4.54. The third kappa shape index (κ3) is 4.61. The van der Waals surface area contributed by atoms with Gasteiger partial charge in [0.1, 0.15) is 11.7 Å². The molecule has 0 spiro atoms. The Labute approximate surface area is 89.8 Å². The zero-order chi connectivity index (χ0) is 11.0. The molecule has 14 heavy (non-hydrogen) atoms. The zero-order valence-electron chi connectivity index (χ0n) is 8.72. The molecule has 0 fully saturated rings. The number of rotatable bonds is 7. The highest BCUT2D eigenvalue weighted by Gasteiger charge is 2.24. The van der Waals surface area contributed by atoms with Crippen molar-refractivity contribution < 1.29 is 14.3 Å². The first kappa shape index (κ1) is 13.4. The van der Waals surface area contributed by atoms with Crippen molar-refractivity contribution in [2.75, 3.05) is 13.0 Å². The third-order valence-corrected chi connectivity index (χ3v) is 2.36. The van der Waals surface area contributed by atoms with Crippen molar-refractivity contribution in [1.29, 1.82) is 0 Å². The van der Waals surface area contributed by atoms with Gasteiger partial charge in [0.2, 0.25) is 0 Å². The van der Waals surface area contributed by atoms with Crippen molar-refractivity contribution in [2.24, 2.45) is 5.92 Å². The fourth-order valence-electron chi connectivity index (χ4n) is 1.24. The number of hydrogen-bond acceptors (Lipinski definition) is 3. The fourth-order valence-corrected chi connectivity index (χ4v) is 1.42. The van der Waals surface area contributed by atoms with Crippen LogP contribution in [0.1, 0.15) is 32.6 Å². The standard InChI is InChI=1S/C10H17ClO3/c1-3-8(10(13)14-2)9(12)6-4-5-7-11/h8H,3-7H2,1-2H3. The van der Waals surface area contributed by atoms with Gasteiger partial charge in [0.25, 0.3) is 0 Å². The molecule has 0 heterocycles. The Morgan fingerprint density at radius 3 is 2.43 bits per heavy atom. The Bertz CT molecular complexity index is 192. The van der Waals surface area contributed by atoms with Crippen LogP contribution in [0.5, 0.6) is 0 Å². The molecule has 0 N–H and O–H groups in total. The minimum Gasteiger partial charge on any atom is -0.468 e. The molecule has 0 amide bonds. The molecule has 0 aromatic heterocycles. The van der Waals surface area contributed by atoms with Crippen molar-refractivity contribution >= 4 is 23.4 Å². The summed E-state index contributed by atoms with van der Waals surface area (Å²) in [6, 6.07) is 0. The van der Waals surface area contributed by atoms with Crippen LogP contribution in [0.4, 0.5) is 0 Å². The lowest BCUT2D eigenvalue weighted by atomic mass is 9.97. The highest BCUT2D eigenvalue weighted by atomic mass is 35.5. The zero-order valence-corrected chi connectivity index (χ0v) is 9.47. The second-order valence-electron chi connectivity index (χ2n) is 3.10. The van der Waals surface area contributed by atoms with Crippen LogP contribution >= 0.6 is 11.6 Å². The van der Waals surface area contributed by atoms with Crippen molar-refractivity contribution in [3.63, 3.8) is 0 Å². The van der Waals surface area contributed by atoms with Crippen LogP contribution in [0.25, 0.3) is 0 Å². The molecule has 0 aromatic rings. The largest absolute Gasteiger partial charge is 0.468 e. The summed E-state index contributed by atoms with van der Waals surface area (Å²) in [5, 5.41) is 0. The first-order chi connectivity index (χ1) is 6.67. The van der Waals surface area contributed by atoms with E-state index in [-0.39, 0.29) is 5.78 Å². The predicted octanol–water partition coefficient (Wildman–Crippen LogP) is 2.16. The first-order valence-electron chi connectivity index (χ1n) is 4.83. The van der Waals surface area contributed by atoms with E-state index in [1.54, 1.807) is 6.92 Å². The number of hydrogen-bond donors (Lipinski definition) is 0. The normalized spacial score (nSPS) is 12.2. The van der Waals surface area contributed by atoms with Crippen LogP contribution < -0.4 is 0 Å². The van der Waals surface area contributed by atoms with E-state index in [4.69, 9.17) is 11.6 Å². The maximum absolute atomic E-state index is 11.5. The molecule has 1 unspecified atom stereocenters. The van der Waals surface area contributed by atoms with Gasteiger partial charge in [0.05, 0.1) is 7.11 Å². The van der Waals surface area contributed by atoms with Gasteiger partial charge in [-0.1, -0.05) is 6.92 Å². The van der Waals surface area contributed by atoms with Crippen molar-refractivity contribution in [3.05, 3.63) is 0 Å². The van der Waals surface area contributed by atoms with E-state index in [1.807, 2.05) is 0 Å². The van der Waals surface area contributed by atoms with Crippen LogP contribution in [-0.4, -0.2) is 24.7 Å². The molecule has 3 nitrogen and oxygen atoms in total. The topological polar surface area (TPSA) is 43.4 Å². The lowest BCUT2D eigenvalue weighted by Crippen LogP contribution is -2.24. The van der Waals surface area contributed by atoms with Gasteiger partial charge in [-0.2, -0.15) is 0 Å². The summed E-state index contributed by atoms with van der Waals surface area (Å²) in [7, 11) is 1.30. The number of halogens is 1.